The van der Waals surface area contributed by atoms with E-state index in [4.69, 9.17) is 4.74 Å². The van der Waals surface area contributed by atoms with Crippen LogP contribution in [0, 0.1) is 12.8 Å². The van der Waals surface area contributed by atoms with Crippen LogP contribution >= 0.6 is 0 Å². The van der Waals surface area contributed by atoms with Crippen molar-refractivity contribution in [2.75, 3.05) is 25.5 Å². The fourth-order valence-corrected chi connectivity index (χ4v) is 3.35. The van der Waals surface area contributed by atoms with Crippen molar-refractivity contribution in [2.24, 2.45) is 5.92 Å². The fourth-order valence-electron chi connectivity index (χ4n) is 3.35. The number of nitrogens with zero attached hydrogens (tertiary/aromatic N) is 1. The summed E-state index contributed by atoms with van der Waals surface area (Å²) in [5.41, 5.74) is 3.69. The van der Waals surface area contributed by atoms with Gasteiger partial charge in [-0.1, -0.05) is 25.1 Å². The molecule has 1 heterocycles. The van der Waals surface area contributed by atoms with Crippen molar-refractivity contribution in [1.82, 2.24) is 4.90 Å². The largest absolute Gasteiger partial charge is 0.495 e. The summed E-state index contributed by atoms with van der Waals surface area (Å²) in [6, 6.07) is 13.7. The van der Waals surface area contributed by atoms with Crippen molar-refractivity contribution in [3.63, 3.8) is 0 Å². The number of methoxy groups -OCH3 is 1. The van der Waals surface area contributed by atoms with Gasteiger partial charge in [0, 0.05) is 12.1 Å². The van der Waals surface area contributed by atoms with Crippen LogP contribution in [0.2, 0.25) is 0 Å². The van der Waals surface area contributed by atoms with Crippen molar-refractivity contribution in [1.29, 1.82) is 0 Å². The Balaban J connectivity index is 1.63. The molecule has 0 atom stereocenters. The third-order valence-corrected chi connectivity index (χ3v) is 5.10. The molecule has 0 saturated carbocycles. The standard InChI is InChI=1S/C22H28N2O2/c1-16-10-12-24(13-11-16)15-18-5-7-19(8-6-18)22(25)23-20-14-17(2)4-9-21(20)26-3/h4-9,14,16H,10-13,15H2,1-3H3,(H,23,25). The van der Waals surface area contributed by atoms with Gasteiger partial charge in [0.15, 0.2) is 0 Å². The van der Waals surface area contributed by atoms with Gasteiger partial charge < -0.3 is 10.1 Å². The first kappa shape index (κ1) is 18.5. The Labute approximate surface area is 156 Å². The highest BCUT2D eigenvalue weighted by atomic mass is 16.5. The van der Waals surface area contributed by atoms with Crippen molar-refractivity contribution in [2.45, 2.75) is 33.2 Å². The molecule has 26 heavy (non-hydrogen) atoms. The molecule has 1 fully saturated rings. The summed E-state index contributed by atoms with van der Waals surface area (Å²) in [5, 5.41) is 2.95. The molecule has 3 rings (SSSR count). The second kappa shape index (κ2) is 8.37. The van der Waals surface area contributed by atoms with E-state index in [-0.39, 0.29) is 5.91 Å². The van der Waals surface area contributed by atoms with Crippen molar-refractivity contribution < 1.29 is 9.53 Å². The number of carbonyl (C=O) groups is 1. The summed E-state index contributed by atoms with van der Waals surface area (Å²) in [6.45, 7) is 7.60. The minimum Gasteiger partial charge on any atom is -0.495 e. The lowest BCUT2D eigenvalue weighted by molar-refractivity contribution is 0.102. The first-order valence-corrected chi connectivity index (χ1v) is 9.32. The van der Waals surface area contributed by atoms with Crippen LogP contribution in [0.15, 0.2) is 42.5 Å². The Kier molecular flexibility index (Phi) is 5.94. The molecule has 138 valence electrons. The Morgan fingerprint density at radius 1 is 1.15 bits per heavy atom. The SMILES string of the molecule is COc1ccc(C)cc1NC(=O)c1ccc(CN2CCC(C)CC2)cc1. The molecule has 0 radical (unpaired) electrons. The maximum atomic E-state index is 12.6. The summed E-state index contributed by atoms with van der Waals surface area (Å²) in [7, 11) is 1.61. The average molecular weight is 352 g/mol. The van der Waals surface area contributed by atoms with Crippen LogP contribution in [-0.4, -0.2) is 31.0 Å². The second-order valence-electron chi connectivity index (χ2n) is 7.31. The summed E-state index contributed by atoms with van der Waals surface area (Å²) < 4.78 is 5.33. The lowest BCUT2D eigenvalue weighted by atomic mass is 9.99. The van der Waals surface area contributed by atoms with Crippen LogP contribution in [0.1, 0.15) is 41.3 Å². The second-order valence-corrected chi connectivity index (χ2v) is 7.31. The zero-order valence-corrected chi connectivity index (χ0v) is 15.9. The van der Waals surface area contributed by atoms with Crippen molar-refractivity contribution in [3.05, 3.63) is 59.2 Å². The molecule has 1 saturated heterocycles. The summed E-state index contributed by atoms with van der Waals surface area (Å²) >= 11 is 0. The molecule has 1 aliphatic rings. The van der Waals surface area contributed by atoms with E-state index in [1.165, 1.54) is 18.4 Å². The van der Waals surface area contributed by atoms with E-state index < -0.39 is 0 Å². The van der Waals surface area contributed by atoms with E-state index in [1.54, 1.807) is 7.11 Å². The van der Waals surface area contributed by atoms with Gasteiger partial charge in [0.2, 0.25) is 0 Å². The molecule has 1 aliphatic heterocycles. The molecule has 0 aromatic heterocycles. The summed E-state index contributed by atoms with van der Waals surface area (Å²) in [4.78, 5) is 15.0. The van der Waals surface area contributed by atoms with Gasteiger partial charge in [-0.3, -0.25) is 9.69 Å². The number of piperidine rings is 1. The maximum absolute atomic E-state index is 12.6. The average Bonchev–Trinajstić information content (AvgIpc) is 2.64. The quantitative estimate of drug-likeness (QED) is 0.862. The maximum Gasteiger partial charge on any atom is 0.255 e. The number of ether oxygens (including phenoxy) is 1. The highest BCUT2D eigenvalue weighted by Crippen LogP contribution is 2.26. The van der Waals surface area contributed by atoms with Gasteiger partial charge in [-0.2, -0.15) is 0 Å². The Morgan fingerprint density at radius 3 is 2.50 bits per heavy atom. The van der Waals surface area contributed by atoms with E-state index in [9.17, 15) is 4.79 Å². The Morgan fingerprint density at radius 2 is 1.85 bits per heavy atom. The lowest BCUT2D eigenvalue weighted by Gasteiger charge is -2.30. The normalized spacial score (nSPS) is 15.7. The van der Waals surface area contributed by atoms with Crippen LogP contribution in [0.25, 0.3) is 0 Å². The third-order valence-electron chi connectivity index (χ3n) is 5.10. The van der Waals surface area contributed by atoms with Gasteiger partial charge in [0.05, 0.1) is 12.8 Å². The predicted octanol–water partition coefficient (Wildman–Crippen LogP) is 4.49. The number of nitrogens with one attached hydrogen (secondary N) is 1. The number of likely N-dealkylation sites (tertiary alicyclic amines) is 1. The predicted molar refractivity (Wildman–Crippen MR) is 106 cm³/mol. The zero-order valence-electron chi connectivity index (χ0n) is 15.9. The monoisotopic (exact) mass is 352 g/mol. The minimum absolute atomic E-state index is 0.118. The number of anilines is 1. The van der Waals surface area contributed by atoms with E-state index in [1.807, 2.05) is 37.3 Å². The van der Waals surface area contributed by atoms with Gasteiger partial charge in [-0.25, -0.2) is 0 Å². The van der Waals surface area contributed by atoms with Crippen molar-refractivity contribution >= 4 is 11.6 Å². The molecule has 0 aliphatic carbocycles. The van der Waals surface area contributed by atoms with E-state index in [0.29, 0.717) is 17.0 Å². The van der Waals surface area contributed by atoms with Gasteiger partial charge in [0.25, 0.3) is 5.91 Å². The smallest absolute Gasteiger partial charge is 0.255 e. The lowest BCUT2D eigenvalue weighted by Crippen LogP contribution is -2.32. The molecule has 4 heteroatoms. The number of carbonyl (C=O) groups excluding carboxylic acids is 1. The van der Waals surface area contributed by atoms with Gasteiger partial charge in [-0.15, -0.1) is 0 Å². The van der Waals surface area contributed by atoms with Crippen LogP contribution < -0.4 is 10.1 Å². The molecule has 1 amide bonds. The first-order chi connectivity index (χ1) is 12.5. The Hall–Kier alpha value is -2.33. The van der Waals surface area contributed by atoms with Crippen LogP contribution in [0.3, 0.4) is 0 Å². The highest BCUT2D eigenvalue weighted by molar-refractivity contribution is 6.05. The topological polar surface area (TPSA) is 41.6 Å². The molecule has 2 aromatic carbocycles. The zero-order chi connectivity index (χ0) is 18.5. The highest BCUT2D eigenvalue weighted by Gasteiger charge is 2.16. The van der Waals surface area contributed by atoms with Crippen LogP contribution in [-0.2, 0) is 6.54 Å². The number of rotatable bonds is 5. The molecule has 4 nitrogen and oxygen atoms in total. The molecule has 0 unspecified atom stereocenters. The minimum atomic E-state index is -0.118. The molecule has 0 spiro atoms. The summed E-state index contributed by atoms with van der Waals surface area (Å²) in [5.74, 6) is 1.39. The molecule has 0 bridgehead atoms. The molecule has 2 aromatic rings. The number of hydrogen-bond donors (Lipinski definition) is 1. The van der Waals surface area contributed by atoms with Gasteiger partial charge in [0.1, 0.15) is 5.75 Å². The number of aryl methyl sites for hydroxylation is 1. The number of benzene rings is 2. The molecular weight excluding hydrogens is 324 g/mol. The number of hydrogen-bond acceptors (Lipinski definition) is 3. The third kappa shape index (κ3) is 4.64. The van der Waals surface area contributed by atoms with E-state index >= 15 is 0 Å². The van der Waals surface area contributed by atoms with E-state index in [2.05, 4.69) is 29.3 Å². The summed E-state index contributed by atoms with van der Waals surface area (Å²) in [6.07, 6.45) is 2.55. The van der Waals surface area contributed by atoms with Crippen molar-refractivity contribution in [3.8, 4) is 5.75 Å². The van der Waals surface area contributed by atoms with Gasteiger partial charge in [-0.05, 0) is 74.2 Å². The fraction of sp³-hybridized carbons (Fsp3) is 0.409. The number of amides is 1. The Bertz CT molecular complexity index is 747. The first-order valence-electron chi connectivity index (χ1n) is 9.32. The molecular formula is C22H28N2O2. The van der Waals surface area contributed by atoms with Crippen LogP contribution in [0.4, 0.5) is 5.69 Å². The van der Waals surface area contributed by atoms with Crippen LogP contribution in [0.5, 0.6) is 5.75 Å². The van der Waals surface area contributed by atoms with Gasteiger partial charge >= 0.3 is 0 Å². The molecule has 1 N–H and O–H groups in total. The van der Waals surface area contributed by atoms with E-state index in [0.717, 1.165) is 31.1 Å².